The lowest BCUT2D eigenvalue weighted by atomic mass is 10.1. The minimum atomic E-state index is -3.91. The van der Waals surface area contributed by atoms with E-state index in [4.69, 9.17) is 11.6 Å². The number of hydrogen-bond donors (Lipinski definition) is 1. The van der Waals surface area contributed by atoms with E-state index in [0.717, 1.165) is 30.4 Å². The Balaban J connectivity index is 1.38. The van der Waals surface area contributed by atoms with Crippen molar-refractivity contribution in [1.82, 2.24) is 19.4 Å². The van der Waals surface area contributed by atoms with Gasteiger partial charge in [0.1, 0.15) is 12.1 Å². The van der Waals surface area contributed by atoms with Gasteiger partial charge in [-0.1, -0.05) is 23.7 Å². The molecule has 0 saturated carbocycles. The molecule has 10 heteroatoms. The average Bonchev–Trinajstić information content (AvgIpc) is 3.46. The molecule has 0 aliphatic carbocycles. The molecule has 0 radical (unpaired) electrons. The largest absolute Gasteiger partial charge is 0.343 e. The highest BCUT2D eigenvalue weighted by Crippen LogP contribution is 2.24. The Bertz CT molecular complexity index is 1180. The van der Waals surface area contributed by atoms with Crippen molar-refractivity contribution in [3.8, 4) is 0 Å². The van der Waals surface area contributed by atoms with Crippen LogP contribution in [0.5, 0.6) is 0 Å². The Morgan fingerprint density at radius 2 is 1.82 bits per heavy atom. The molecule has 2 aliphatic rings. The molecule has 2 aromatic rings. The van der Waals surface area contributed by atoms with E-state index in [1.807, 2.05) is 0 Å². The van der Waals surface area contributed by atoms with Gasteiger partial charge in [-0.2, -0.15) is 4.72 Å². The molecule has 2 aliphatic heterocycles. The standard InChI is InChI=1S/C24H31ClN4O4S/c1-17(23(30)27(2)13-14-28-10-3-4-11-28)29-12-9-22(24(29)31)26-34(32,33)21-8-6-18-15-20(25)7-5-19(18)16-21/h5-8,15-17,22,26H,3-4,9-14H2,1-2H3/t17-,22-/m0/s1. The van der Waals surface area contributed by atoms with Gasteiger partial charge in [0.05, 0.1) is 4.90 Å². The van der Waals surface area contributed by atoms with Crippen molar-refractivity contribution in [2.24, 2.45) is 0 Å². The fourth-order valence-electron chi connectivity index (χ4n) is 4.67. The summed E-state index contributed by atoms with van der Waals surface area (Å²) in [5, 5.41) is 2.14. The average molecular weight is 507 g/mol. The normalized spacial score (nSPS) is 20.3. The third-order valence-corrected chi connectivity index (χ3v) is 8.48. The minimum Gasteiger partial charge on any atom is -0.343 e. The zero-order valence-electron chi connectivity index (χ0n) is 19.5. The number of carbonyl (C=O) groups excluding carboxylic acids is 2. The predicted molar refractivity (Wildman–Crippen MR) is 132 cm³/mol. The van der Waals surface area contributed by atoms with Crippen LogP contribution in [0.15, 0.2) is 41.3 Å². The number of hydrogen-bond acceptors (Lipinski definition) is 5. The van der Waals surface area contributed by atoms with Crippen LogP contribution in [0.1, 0.15) is 26.2 Å². The number of sulfonamides is 1. The summed E-state index contributed by atoms with van der Waals surface area (Å²) >= 11 is 6.00. The van der Waals surface area contributed by atoms with Crippen LogP contribution in [0.4, 0.5) is 0 Å². The molecule has 4 rings (SSSR count). The Morgan fingerprint density at radius 3 is 2.56 bits per heavy atom. The number of nitrogens with zero attached hydrogens (tertiary/aromatic N) is 3. The lowest BCUT2D eigenvalue weighted by Crippen LogP contribution is -2.50. The molecule has 0 unspecified atom stereocenters. The number of likely N-dealkylation sites (tertiary alicyclic amines) is 2. The summed E-state index contributed by atoms with van der Waals surface area (Å²) in [6.45, 7) is 5.59. The van der Waals surface area contributed by atoms with Gasteiger partial charge in [0.2, 0.25) is 21.8 Å². The molecule has 184 valence electrons. The maximum absolute atomic E-state index is 13.0. The van der Waals surface area contributed by atoms with Gasteiger partial charge in [-0.25, -0.2) is 8.42 Å². The van der Waals surface area contributed by atoms with E-state index < -0.39 is 22.1 Å². The third-order valence-electron chi connectivity index (χ3n) is 6.77. The fourth-order valence-corrected chi connectivity index (χ4v) is 6.11. The monoisotopic (exact) mass is 506 g/mol. The molecule has 0 bridgehead atoms. The Labute approximate surface area is 205 Å². The van der Waals surface area contributed by atoms with Gasteiger partial charge in [0.15, 0.2) is 0 Å². The first-order valence-corrected chi connectivity index (χ1v) is 13.5. The van der Waals surface area contributed by atoms with E-state index in [9.17, 15) is 18.0 Å². The number of amides is 2. The van der Waals surface area contributed by atoms with Crippen LogP contribution in [0.2, 0.25) is 5.02 Å². The van der Waals surface area contributed by atoms with E-state index in [1.54, 1.807) is 49.2 Å². The number of rotatable bonds is 8. The van der Waals surface area contributed by atoms with E-state index in [1.165, 1.54) is 23.8 Å². The number of fused-ring (bicyclic) bond motifs is 1. The summed E-state index contributed by atoms with van der Waals surface area (Å²) < 4.78 is 28.5. The molecule has 2 heterocycles. The van der Waals surface area contributed by atoms with Gasteiger partial charge in [-0.05, 0) is 74.3 Å². The van der Waals surface area contributed by atoms with Crippen molar-refractivity contribution >= 4 is 44.2 Å². The van der Waals surface area contributed by atoms with Crippen LogP contribution < -0.4 is 4.72 Å². The highest BCUT2D eigenvalue weighted by molar-refractivity contribution is 7.89. The molecule has 2 atom stereocenters. The summed E-state index contributed by atoms with van der Waals surface area (Å²) in [4.78, 5) is 31.5. The highest BCUT2D eigenvalue weighted by atomic mass is 35.5. The quantitative estimate of drug-likeness (QED) is 0.593. The zero-order chi connectivity index (χ0) is 24.5. The van der Waals surface area contributed by atoms with Gasteiger partial charge in [0.25, 0.3) is 0 Å². The second-order valence-electron chi connectivity index (χ2n) is 9.13. The third kappa shape index (κ3) is 5.38. The van der Waals surface area contributed by atoms with Crippen molar-refractivity contribution < 1.29 is 18.0 Å². The van der Waals surface area contributed by atoms with E-state index in [2.05, 4.69) is 9.62 Å². The number of carbonyl (C=O) groups is 2. The summed E-state index contributed by atoms with van der Waals surface area (Å²) in [5.41, 5.74) is 0. The molecule has 0 aromatic heterocycles. The first-order valence-electron chi connectivity index (χ1n) is 11.7. The lowest BCUT2D eigenvalue weighted by Gasteiger charge is -2.29. The summed E-state index contributed by atoms with van der Waals surface area (Å²) in [7, 11) is -2.16. The molecule has 2 fully saturated rings. The molecular formula is C24H31ClN4O4S. The Kier molecular flexibility index (Phi) is 7.47. The maximum atomic E-state index is 13.0. The van der Waals surface area contributed by atoms with Crippen LogP contribution in [-0.4, -0.2) is 86.8 Å². The van der Waals surface area contributed by atoms with E-state index >= 15 is 0 Å². The van der Waals surface area contributed by atoms with Gasteiger partial charge in [-0.15, -0.1) is 0 Å². The Hall–Kier alpha value is -2.20. The van der Waals surface area contributed by atoms with Crippen molar-refractivity contribution in [2.45, 2.75) is 43.2 Å². The van der Waals surface area contributed by atoms with E-state index in [0.29, 0.717) is 24.5 Å². The predicted octanol–water partition coefficient (Wildman–Crippen LogP) is 2.32. The number of likely N-dealkylation sites (N-methyl/N-ethyl adjacent to an activating group) is 1. The molecule has 0 spiro atoms. The second kappa shape index (κ2) is 10.2. The molecule has 2 amide bonds. The van der Waals surface area contributed by atoms with Gasteiger partial charge in [-0.3, -0.25) is 9.59 Å². The van der Waals surface area contributed by atoms with Crippen LogP contribution >= 0.6 is 11.6 Å². The fraction of sp³-hybridized carbons (Fsp3) is 0.500. The van der Waals surface area contributed by atoms with Crippen LogP contribution in [0, 0.1) is 0 Å². The SMILES string of the molecule is C[C@@H](C(=O)N(C)CCN1CCCC1)N1CC[C@H](NS(=O)(=O)c2ccc3cc(Cl)ccc3c2)C1=O. The van der Waals surface area contributed by atoms with Crippen molar-refractivity contribution in [3.05, 3.63) is 41.4 Å². The van der Waals surface area contributed by atoms with Crippen LogP contribution in [0.3, 0.4) is 0 Å². The molecular weight excluding hydrogens is 476 g/mol. The summed E-state index contributed by atoms with van der Waals surface area (Å²) in [5.74, 6) is -0.505. The smallest absolute Gasteiger partial charge is 0.244 e. The van der Waals surface area contributed by atoms with Gasteiger partial charge in [0, 0.05) is 31.7 Å². The van der Waals surface area contributed by atoms with Crippen molar-refractivity contribution in [2.75, 3.05) is 39.8 Å². The maximum Gasteiger partial charge on any atom is 0.244 e. The second-order valence-corrected chi connectivity index (χ2v) is 11.3. The zero-order valence-corrected chi connectivity index (χ0v) is 21.1. The first kappa shape index (κ1) is 24.9. The summed E-state index contributed by atoms with van der Waals surface area (Å²) in [6.07, 6.45) is 2.71. The highest BCUT2D eigenvalue weighted by Gasteiger charge is 2.39. The van der Waals surface area contributed by atoms with Crippen LogP contribution in [-0.2, 0) is 19.6 Å². The van der Waals surface area contributed by atoms with Crippen molar-refractivity contribution in [1.29, 1.82) is 0 Å². The lowest BCUT2D eigenvalue weighted by molar-refractivity contribution is -0.142. The number of halogens is 1. The van der Waals surface area contributed by atoms with Gasteiger partial charge >= 0.3 is 0 Å². The van der Waals surface area contributed by atoms with Gasteiger partial charge < -0.3 is 14.7 Å². The number of nitrogens with one attached hydrogen (secondary N) is 1. The van der Waals surface area contributed by atoms with Crippen LogP contribution in [0.25, 0.3) is 10.8 Å². The molecule has 2 saturated heterocycles. The topological polar surface area (TPSA) is 90.0 Å². The minimum absolute atomic E-state index is 0.0827. The Morgan fingerprint density at radius 1 is 1.15 bits per heavy atom. The molecule has 8 nitrogen and oxygen atoms in total. The number of benzene rings is 2. The summed E-state index contributed by atoms with van der Waals surface area (Å²) in [6, 6.07) is 8.44. The van der Waals surface area contributed by atoms with E-state index in [-0.39, 0.29) is 16.7 Å². The molecule has 2 aromatic carbocycles. The van der Waals surface area contributed by atoms with Crippen molar-refractivity contribution in [3.63, 3.8) is 0 Å². The molecule has 34 heavy (non-hydrogen) atoms. The first-order chi connectivity index (χ1) is 16.2. The molecule has 1 N–H and O–H groups in total.